The normalized spacial score (nSPS) is 17.8. The molecule has 0 saturated carbocycles. The van der Waals surface area contributed by atoms with Crippen LogP contribution in [-0.2, 0) is 0 Å². The summed E-state index contributed by atoms with van der Waals surface area (Å²) >= 11 is 0. The Morgan fingerprint density at radius 3 is 2.27 bits per heavy atom. The topological polar surface area (TPSA) is 3.24 Å². The van der Waals surface area contributed by atoms with Gasteiger partial charge in [-0.2, -0.15) is 0 Å². The molecule has 60 valence electrons. The molecule has 1 nitrogen and oxygen atoms in total. The van der Waals surface area contributed by atoms with Crippen LogP contribution in [0.15, 0.2) is 24.3 Å². The summed E-state index contributed by atoms with van der Waals surface area (Å²) in [4.78, 5) is 1.69. The standard InChI is InChI=1S/C8H13BFN/c1-8(2,3)11-7-5-4-6-9(11)10/h4-7H,1-3H3. The van der Waals surface area contributed by atoms with Crippen molar-refractivity contribution in [1.82, 2.24) is 4.81 Å². The highest BCUT2D eigenvalue weighted by Gasteiger charge is 2.29. The first-order chi connectivity index (χ1) is 5.02. The lowest BCUT2D eigenvalue weighted by atomic mass is 9.78. The van der Waals surface area contributed by atoms with Gasteiger partial charge in [-0.25, -0.2) is 0 Å². The molecular weight excluding hydrogens is 140 g/mol. The van der Waals surface area contributed by atoms with Crippen LogP contribution in [0.25, 0.3) is 0 Å². The molecule has 0 spiro atoms. The van der Waals surface area contributed by atoms with Crippen molar-refractivity contribution in [3.63, 3.8) is 0 Å². The van der Waals surface area contributed by atoms with E-state index in [9.17, 15) is 4.32 Å². The van der Waals surface area contributed by atoms with Crippen molar-refractivity contribution >= 4 is 7.12 Å². The first kappa shape index (κ1) is 8.37. The molecule has 0 aromatic carbocycles. The van der Waals surface area contributed by atoms with Gasteiger partial charge in [-0.05, 0) is 33.0 Å². The molecule has 0 atom stereocenters. The summed E-state index contributed by atoms with van der Waals surface area (Å²) in [6, 6.07) is 0. The lowest BCUT2D eigenvalue weighted by molar-refractivity contribution is 0.307. The van der Waals surface area contributed by atoms with E-state index in [0.717, 1.165) is 0 Å². The second-order valence-corrected chi connectivity index (χ2v) is 3.68. The Morgan fingerprint density at radius 2 is 1.91 bits per heavy atom. The zero-order chi connectivity index (χ0) is 8.48. The van der Waals surface area contributed by atoms with Gasteiger partial charge in [0, 0.05) is 5.54 Å². The predicted octanol–water partition coefficient (Wildman–Crippen LogP) is 2.17. The SMILES string of the molecule is CC(C)(C)N1C=CC=CB1F. The van der Waals surface area contributed by atoms with E-state index >= 15 is 0 Å². The van der Waals surface area contributed by atoms with Gasteiger partial charge in [-0.1, -0.05) is 12.1 Å². The molecule has 1 rings (SSSR count). The average molecular weight is 153 g/mol. The summed E-state index contributed by atoms with van der Waals surface area (Å²) in [5.41, 5.74) is -0.138. The van der Waals surface area contributed by atoms with Gasteiger partial charge >= 0.3 is 7.12 Å². The molecule has 11 heavy (non-hydrogen) atoms. The molecule has 0 aromatic rings. The minimum absolute atomic E-state index is 0.138. The molecule has 0 radical (unpaired) electrons. The highest BCUT2D eigenvalue weighted by atomic mass is 19.1. The smallest absolute Gasteiger partial charge is 0.385 e. The van der Waals surface area contributed by atoms with Gasteiger partial charge in [0.15, 0.2) is 0 Å². The fourth-order valence-electron chi connectivity index (χ4n) is 1.07. The Balaban J connectivity index is 2.74. The van der Waals surface area contributed by atoms with Crippen molar-refractivity contribution < 1.29 is 4.32 Å². The molecule has 0 saturated heterocycles. The Hall–Kier alpha value is -0.725. The van der Waals surface area contributed by atoms with Crippen LogP contribution in [-0.4, -0.2) is 17.5 Å². The van der Waals surface area contributed by atoms with Crippen molar-refractivity contribution in [1.29, 1.82) is 0 Å². The van der Waals surface area contributed by atoms with Gasteiger partial charge in [0.2, 0.25) is 0 Å². The van der Waals surface area contributed by atoms with Crippen molar-refractivity contribution in [3.8, 4) is 0 Å². The third kappa shape index (κ3) is 1.85. The summed E-state index contributed by atoms with van der Waals surface area (Å²) in [6.07, 6.45) is 5.36. The van der Waals surface area contributed by atoms with E-state index in [-0.39, 0.29) is 5.54 Å². The summed E-state index contributed by atoms with van der Waals surface area (Å²) in [5.74, 6) is 1.55. The number of halogens is 1. The first-order valence-corrected chi connectivity index (χ1v) is 3.79. The molecule has 0 amide bonds. The third-order valence-electron chi connectivity index (χ3n) is 1.67. The Morgan fingerprint density at radius 1 is 1.27 bits per heavy atom. The van der Waals surface area contributed by atoms with Gasteiger partial charge in [-0.3, -0.25) is 4.32 Å². The number of hydrogen-bond acceptors (Lipinski definition) is 1. The van der Waals surface area contributed by atoms with Crippen LogP contribution in [0.2, 0.25) is 0 Å². The molecule has 0 aliphatic carbocycles. The van der Waals surface area contributed by atoms with E-state index in [1.165, 1.54) is 0 Å². The third-order valence-corrected chi connectivity index (χ3v) is 1.67. The van der Waals surface area contributed by atoms with E-state index in [1.807, 2.05) is 26.8 Å². The summed E-state index contributed by atoms with van der Waals surface area (Å²) in [6.45, 7) is 5.97. The Bertz CT molecular complexity index is 193. The van der Waals surface area contributed by atoms with Gasteiger partial charge < -0.3 is 4.81 Å². The molecule has 0 N–H and O–H groups in total. The van der Waals surface area contributed by atoms with E-state index in [2.05, 4.69) is 0 Å². The van der Waals surface area contributed by atoms with E-state index in [0.29, 0.717) is 0 Å². The Labute approximate surface area is 67.7 Å². The zero-order valence-corrected chi connectivity index (χ0v) is 7.21. The minimum Gasteiger partial charge on any atom is -0.385 e. The lowest BCUT2D eigenvalue weighted by Gasteiger charge is -2.36. The van der Waals surface area contributed by atoms with E-state index < -0.39 is 7.12 Å². The molecule has 1 aliphatic heterocycles. The van der Waals surface area contributed by atoms with Crippen molar-refractivity contribution in [2.45, 2.75) is 26.3 Å². The van der Waals surface area contributed by atoms with Crippen LogP contribution < -0.4 is 0 Å². The fourth-order valence-corrected chi connectivity index (χ4v) is 1.07. The second kappa shape index (κ2) is 2.72. The van der Waals surface area contributed by atoms with Gasteiger partial charge in [0.05, 0.1) is 0 Å². The highest BCUT2D eigenvalue weighted by Crippen LogP contribution is 2.18. The molecule has 0 unspecified atom stereocenters. The summed E-state index contributed by atoms with van der Waals surface area (Å²) in [5, 5.41) is 0. The van der Waals surface area contributed by atoms with Crippen LogP contribution in [0, 0.1) is 0 Å². The summed E-state index contributed by atoms with van der Waals surface area (Å²) < 4.78 is 13.1. The number of hydrogen-bond donors (Lipinski definition) is 0. The van der Waals surface area contributed by atoms with Crippen molar-refractivity contribution in [2.75, 3.05) is 0 Å². The quantitative estimate of drug-likeness (QED) is 0.482. The van der Waals surface area contributed by atoms with Crippen molar-refractivity contribution in [2.24, 2.45) is 0 Å². The molecule has 0 bridgehead atoms. The predicted molar refractivity (Wildman–Crippen MR) is 46.7 cm³/mol. The molecular formula is C8H13BFN. The highest BCUT2D eigenvalue weighted by molar-refractivity contribution is 6.54. The van der Waals surface area contributed by atoms with Crippen LogP contribution in [0.3, 0.4) is 0 Å². The van der Waals surface area contributed by atoms with E-state index in [1.54, 1.807) is 23.1 Å². The first-order valence-electron chi connectivity index (χ1n) is 3.79. The molecule has 1 aliphatic rings. The van der Waals surface area contributed by atoms with Gasteiger partial charge in [-0.15, -0.1) is 0 Å². The van der Waals surface area contributed by atoms with Crippen LogP contribution in [0.1, 0.15) is 20.8 Å². The average Bonchev–Trinajstić information content (AvgIpc) is 1.86. The zero-order valence-electron chi connectivity index (χ0n) is 7.21. The number of allylic oxidation sites excluding steroid dienone is 2. The fraction of sp³-hybridized carbons (Fsp3) is 0.500. The Kier molecular flexibility index (Phi) is 2.07. The van der Waals surface area contributed by atoms with Crippen molar-refractivity contribution in [3.05, 3.63) is 24.3 Å². The maximum absolute atomic E-state index is 13.1. The molecule has 0 aromatic heterocycles. The van der Waals surface area contributed by atoms with Crippen LogP contribution >= 0.6 is 0 Å². The molecule has 0 fully saturated rings. The maximum atomic E-state index is 13.1. The number of nitrogens with zero attached hydrogens (tertiary/aromatic N) is 1. The number of rotatable bonds is 0. The van der Waals surface area contributed by atoms with Gasteiger partial charge in [0.25, 0.3) is 0 Å². The maximum Gasteiger partial charge on any atom is 0.487 e. The van der Waals surface area contributed by atoms with Crippen LogP contribution in [0.4, 0.5) is 4.32 Å². The summed E-state index contributed by atoms with van der Waals surface area (Å²) in [7, 11) is -0.972. The largest absolute Gasteiger partial charge is 0.487 e. The monoisotopic (exact) mass is 153 g/mol. The van der Waals surface area contributed by atoms with Gasteiger partial charge in [0.1, 0.15) is 0 Å². The lowest BCUT2D eigenvalue weighted by Crippen LogP contribution is -2.45. The van der Waals surface area contributed by atoms with Crippen LogP contribution in [0.5, 0.6) is 0 Å². The van der Waals surface area contributed by atoms with E-state index in [4.69, 9.17) is 0 Å². The molecule has 1 heterocycles. The molecule has 3 heteroatoms. The second-order valence-electron chi connectivity index (χ2n) is 3.68. The minimum atomic E-state index is -0.972.